The molecule has 3 aromatic rings. The zero-order chi connectivity index (χ0) is 19.3. The molecule has 2 aromatic carbocycles. The Morgan fingerprint density at radius 2 is 1.75 bits per heavy atom. The van der Waals surface area contributed by atoms with Gasteiger partial charge in [0.05, 0.1) is 5.75 Å². The number of benzene rings is 2. The van der Waals surface area contributed by atoms with Crippen LogP contribution >= 0.6 is 46.5 Å². The zero-order valence-electron chi connectivity index (χ0n) is 15.0. The molecule has 0 radical (unpaired) electrons. The molecule has 1 amide bonds. The Kier molecular flexibility index (Phi) is 6.57. The number of hydrogen-bond donors (Lipinski definition) is 0. The number of amides is 1. The molecular weight excluding hydrogens is 430 g/mol. The van der Waals surface area contributed by atoms with E-state index in [0.717, 1.165) is 32.4 Å². The SMILES string of the molecule is O=C(CSc1nnc(SCc2ccc(Cl)cc2)s1)N1CCc2ccccc2C1. The summed E-state index contributed by atoms with van der Waals surface area (Å²) in [5.41, 5.74) is 3.80. The number of aromatic nitrogens is 2. The van der Waals surface area contributed by atoms with E-state index in [0.29, 0.717) is 12.3 Å². The summed E-state index contributed by atoms with van der Waals surface area (Å²) in [6.45, 7) is 1.49. The first-order valence-corrected chi connectivity index (χ1v) is 12.0. The van der Waals surface area contributed by atoms with E-state index in [9.17, 15) is 4.79 Å². The number of halogens is 1. The van der Waals surface area contributed by atoms with Gasteiger partial charge in [0.1, 0.15) is 0 Å². The van der Waals surface area contributed by atoms with Crippen LogP contribution < -0.4 is 0 Å². The van der Waals surface area contributed by atoms with E-state index < -0.39 is 0 Å². The highest BCUT2D eigenvalue weighted by Gasteiger charge is 2.20. The van der Waals surface area contributed by atoms with Gasteiger partial charge in [-0.1, -0.05) is 82.9 Å². The molecule has 144 valence electrons. The van der Waals surface area contributed by atoms with Crippen LogP contribution in [0.2, 0.25) is 5.02 Å². The van der Waals surface area contributed by atoms with Gasteiger partial charge in [0.25, 0.3) is 0 Å². The quantitative estimate of drug-likeness (QED) is 0.488. The van der Waals surface area contributed by atoms with Gasteiger partial charge < -0.3 is 4.90 Å². The Morgan fingerprint density at radius 1 is 1.04 bits per heavy atom. The van der Waals surface area contributed by atoms with Crippen LogP contribution in [0.15, 0.2) is 57.2 Å². The Morgan fingerprint density at radius 3 is 2.54 bits per heavy atom. The fourth-order valence-electron chi connectivity index (χ4n) is 2.96. The van der Waals surface area contributed by atoms with E-state index in [1.165, 1.54) is 39.8 Å². The maximum Gasteiger partial charge on any atom is 0.233 e. The standard InChI is InChI=1S/C20H18ClN3OS3/c21-17-7-5-14(6-8-17)12-26-19-22-23-20(28-19)27-13-18(25)24-10-9-15-3-1-2-4-16(15)11-24/h1-8H,9-13H2. The van der Waals surface area contributed by atoms with E-state index in [1.807, 2.05) is 35.2 Å². The molecule has 0 spiro atoms. The molecular formula is C20H18ClN3OS3. The van der Waals surface area contributed by atoms with Crippen molar-refractivity contribution in [2.24, 2.45) is 0 Å². The Balaban J connectivity index is 1.26. The lowest BCUT2D eigenvalue weighted by molar-refractivity contribution is -0.129. The second-order valence-corrected chi connectivity index (χ2v) is 10.2. The summed E-state index contributed by atoms with van der Waals surface area (Å²) >= 11 is 10.6. The number of carbonyl (C=O) groups excluding carboxylic acids is 1. The van der Waals surface area contributed by atoms with Crippen LogP contribution in [0.5, 0.6) is 0 Å². The van der Waals surface area contributed by atoms with E-state index in [4.69, 9.17) is 11.6 Å². The molecule has 0 N–H and O–H groups in total. The molecule has 1 aliphatic heterocycles. The van der Waals surface area contributed by atoms with Crippen LogP contribution in [0.1, 0.15) is 16.7 Å². The summed E-state index contributed by atoms with van der Waals surface area (Å²) in [6, 6.07) is 16.2. The fourth-order valence-corrected chi connectivity index (χ4v) is 5.97. The van der Waals surface area contributed by atoms with Gasteiger partial charge in [0, 0.05) is 23.9 Å². The molecule has 28 heavy (non-hydrogen) atoms. The van der Waals surface area contributed by atoms with Crippen molar-refractivity contribution in [1.29, 1.82) is 0 Å². The van der Waals surface area contributed by atoms with Crippen molar-refractivity contribution in [2.45, 2.75) is 27.4 Å². The highest BCUT2D eigenvalue weighted by molar-refractivity contribution is 8.03. The van der Waals surface area contributed by atoms with Gasteiger partial charge in [0.2, 0.25) is 5.91 Å². The number of thioether (sulfide) groups is 2. The van der Waals surface area contributed by atoms with Gasteiger partial charge in [-0.3, -0.25) is 4.79 Å². The van der Waals surface area contributed by atoms with Crippen LogP contribution in [0.3, 0.4) is 0 Å². The minimum atomic E-state index is 0.157. The monoisotopic (exact) mass is 447 g/mol. The third kappa shape index (κ3) is 5.08. The third-order valence-electron chi connectivity index (χ3n) is 4.47. The molecule has 4 rings (SSSR count). The first kappa shape index (κ1) is 19.8. The first-order valence-electron chi connectivity index (χ1n) is 8.85. The zero-order valence-corrected chi connectivity index (χ0v) is 18.2. The molecule has 0 bridgehead atoms. The number of fused-ring (bicyclic) bond motifs is 1. The summed E-state index contributed by atoms with van der Waals surface area (Å²) < 4.78 is 1.75. The van der Waals surface area contributed by atoms with Gasteiger partial charge >= 0.3 is 0 Å². The smallest absolute Gasteiger partial charge is 0.233 e. The fraction of sp³-hybridized carbons (Fsp3) is 0.250. The second kappa shape index (κ2) is 9.31. The van der Waals surface area contributed by atoms with Gasteiger partial charge in [0.15, 0.2) is 8.68 Å². The summed E-state index contributed by atoms with van der Waals surface area (Å²) in [5, 5.41) is 9.18. The van der Waals surface area contributed by atoms with E-state index in [1.54, 1.807) is 11.8 Å². The highest BCUT2D eigenvalue weighted by Crippen LogP contribution is 2.31. The molecule has 0 fully saturated rings. The lowest BCUT2D eigenvalue weighted by Crippen LogP contribution is -2.37. The van der Waals surface area contributed by atoms with Crippen LogP contribution in [-0.2, 0) is 23.5 Å². The molecule has 1 aliphatic rings. The van der Waals surface area contributed by atoms with Crippen molar-refractivity contribution < 1.29 is 4.79 Å². The van der Waals surface area contributed by atoms with Gasteiger partial charge in [-0.25, -0.2) is 0 Å². The van der Waals surface area contributed by atoms with Gasteiger partial charge in [-0.15, -0.1) is 10.2 Å². The van der Waals surface area contributed by atoms with Crippen LogP contribution in [0.25, 0.3) is 0 Å². The first-order chi connectivity index (χ1) is 13.7. The maximum atomic E-state index is 12.6. The van der Waals surface area contributed by atoms with Crippen molar-refractivity contribution >= 4 is 52.4 Å². The predicted octanol–water partition coefficient (Wildman–Crippen LogP) is 5.16. The number of hydrogen-bond acceptors (Lipinski definition) is 6. The average molecular weight is 448 g/mol. The Labute approximate surface area is 181 Å². The highest BCUT2D eigenvalue weighted by atomic mass is 35.5. The van der Waals surface area contributed by atoms with Crippen molar-refractivity contribution in [1.82, 2.24) is 15.1 Å². The van der Waals surface area contributed by atoms with Crippen molar-refractivity contribution in [2.75, 3.05) is 12.3 Å². The molecule has 1 aromatic heterocycles. The van der Waals surface area contributed by atoms with E-state index in [2.05, 4.69) is 28.4 Å². The molecule has 0 aliphatic carbocycles. The summed E-state index contributed by atoms with van der Waals surface area (Å²) in [6.07, 6.45) is 0.927. The topological polar surface area (TPSA) is 46.1 Å². The van der Waals surface area contributed by atoms with Crippen molar-refractivity contribution in [3.8, 4) is 0 Å². The minimum Gasteiger partial charge on any atom is -0.337 e. The molecule has 4 nitrogen and oxygen atoms in total. The molecule has 8 heteroatoms. The number of carbonyl (C=O) groups is 1. The van der Waals surface area contributed by atoms with Crippen LogP contribution in [0.4, 0.5) is 0 Å². The third-order valence-corrected chi connectivity index (χ3v) is 7.96. The molecule has 2 heterocycles. The Bertz CT molecular complexity index is 961. The summed E-state index contributed by atoms with van der Waals surface area (Å²) in [5.74, 6) is 1.38. The largest absolute Gasteiger partial charge is 0.337 e. The van der Waals surface area contributed by atoms with Gasteiger partial charge in [-0.05, 0) is 35.2 Å². The van der Waals surface area contributed by atoms with Crippen molar-refractivity contribution in [3.63, 3.8) is 0 Å². The van der Waals surface area contributed by atoms with Crippen molar-refractivity contribution in [3.05, 3.63) is 70.2 Å². The molecule has 0 saturated heterocycles. The van der Waals surface area contributed by atoms with E-state index in [-0.39, 0.29) is 5.91 Å². The molecule has 0 unspecified atom stereocenters. The van der Waals surface area contributed by atoms with Crippen LogP contribution in [-0.4, -0.2) is 33.3 Å². The number of rotatable bonds is 6. The maximum absolute atomic E-state index is 12.6. The minimum absolute atomic E-state index is 0.157. The van der Waals surface area contributed by atoms with E-state index >= 15 is 0 Å². The number of nitrogens with zero attached hydrogens (tertiary/aromatic N) is 3. The lowest BCUT2D eigenvalue weighted by Gasteiger charge is -2.28. The molecule has 0 saturated carbocycles. The summed E-state index contributed by atoms with van der Waals surface area (Å²) in [7, 11) is 0. The Hall–Kier alpha value is -1.54. The average Bonchev–Trinajstić information content (AvgIpc) is 3.19. The summed E-state index contributed by atoms with van der Waals surface area (Å²) in [4.78, 5) is 14.5. The second-order valence-electron chi connectivity index (χ2n) is 6.37. The van der Waals surface area contributed by atoms with Gasteiger partial charge in [-0.2, -0.15) is 0 Å². The normalized spacial score (nSPS) is 13.4. The lowest BCUT2D eigenvalue weighted by atomic mass is 10.00. The van der Waals surface area contributed by atoms with Crippen LogP contribution in [0, 0.1) is 0 Å². The molecule has 0 atom stereocenters. The predicted molar refractivity (Wildman–Crippen MR) is 117 cm³/mol.